The maximum Gasteiger partial charge on any atom is 0.160 e. The van der Waals surface area contributed by atoms with Crippen molar-refractivity contribution in [2.45, 2.75) is 33.2 Å². The monoisotopic (exact) mass is 407 g/mol. The van der Waals surface area contributed by atoms with Gasteiger partial charge in [-0.1, -0.05) is 22.0 Å². The summed E-state index contributed by atoms with van der Waals surface area (Å²) in [7, 11) is 1.56. The van der Waals surface area contributed by atoms with Crippen LogP contribution in [0.15, 0.2) is 34.8 Å². The highest BCUT2D eigenvalue weighted by molar-refractivity contribution is 9.10. The number of benzene rings is 2. The Labute approximate surface area is 158 Å². The third-order valence-electron chi connectivity index (χ3n) is 4.05. The minimum Gasteiger partial charge on any atom is -0.504 e. The lowest BCUT2D eigenvalue weighted by Gasteiger charge is -2.18. The molecule has 2 rings (SSSR count). The fourth-order valence-corrected chi connectivity index (χ4v) is 3.42. The fraction of sp³-hybridized carbons (Fsp3) is 0.400. The third kappa shape index (κ3) is 5.65. The van der Waals surface area contributed by atoms with Crippen LogP contribution in [0.25, 0.3) is 0 Å². The molecule has 0 aliphatic carbocycles. The molecule has 0 fully saturated rings. The van der Waals surface area contributed by atoms with Crippen LogP contribution in [0.2, 0.25) is 0 Å². The smallest absolute Gasteiger partial charge is 0.160 e. The molecule has 136 valence electrons. The van der Waals surface area contributed by atoms with Crippen LogP contribution in [0.1, 0.15) is 23.6 Å². The predicted molar refractivity (Wildman–Crippen MR) is 105 cm³/mol. The van der Waals surface area contributed by atoms with E-state index in [-0.39, 0.29) is 11.8 Å². The van der Waals surface area contributed by atoms with Crippen molar-refractivity contribution in [1.29, 1.82) is 0 Å². The first-order valence-corrected chi connectivity index (χ1v) is 9.18. The maximum atomic E-state index is 9.63. The molecule has 0 saturated carbocycles. The van der Waals surface area contributed by atoms with E-state index >= 15 is 0 Å². The Morgan fingerprint density at radius 3 is 2.48 bits per heavy atom. The minimum absolute atomic E-state index is 0.168. The highest BCUT2D eigenvalue weighted by Gasteiger charge is 2.09. The molecule has 2 aromatic rings. The second kappa shape index (κ2) is 9.11. The van der Waals surface area contributed by atoms with Crippen molar-refractivity contribution in [2.75, 3.05) is 20.3 Å². The number of aromatic hydroxyl groups is 1. The lowest BCUT2D eigenvalue weighted by atomic mass is 10.1. The van der Waals surface area contributed by atoms with Crippen LogP contribution in [-0.2, 0) is 6.42 Å². The standard InChI is InChI=1S/C20H26BrNO3/c1-13-9-17(21)10-14(2)20(13)25-12-15(3)22-8-7-16-5-6-18(23)19(11-16)24-4/h5-6,9-11,15,22-23H,7-8,12H2,1-4H3. The van der Waals surface area contributed by atoms with Crippen LogP contribution < -0.4 is 14.8 Å². The second-order valence-electron chi connectivity index (χ2n) is 6.29. The van der Waals surface area contributed by atoms with E-state index in [1.165, 1.54) is 0 Å². The van der Waals surface area contributed by atoms with Crippen LogP contribution in [0.5, 0.6) is 17.2 Å². The highest BCUT2D eigenvalue weighted by atomic mass is 79.9. The van der Waals surface area contributed by atoms with Gasteiger partial charge in [0.25, 0.3) is 0 Å². The van der Waals surface area contributed by atoms with Crippen LogP contribution in [0.4, 0.5) is 0 Å². The highest BCUT2D eigenvalue weighted by Crippen LogP contribution is 2.28. The first kappa shape index (κ1) is 19.6. The quantitative estimate of drug-likeness (QED) is 0.681. The van der Waals surface area contributed by atoms with Crippen molar-refractivity contribution < 1.29 is 14.6 Å². The largest absolute Gasteiger partial charge is 0.504 e. The average molecular weight is 408 g/mol. The average Bonchev–Trinajstić information content (AvgIpc) is 2.55. The summed E-state index contributed by atoms with van der Waals surface area (Å²) >= 11 is 3.51. The number of hydrogen-bond acceptors (Lipinski definition) is 4. The number of aryl methyl sites for hydroxylation is 2. The molecule has 0 saturated heterocycles. The van der Waals surface area contributed by atoms with E-state index in [4.69, 9.17) is 9.47 Å². The van der Waals surface area contributed by atoms with Crippen LogP contribution in [0.3, 0.4) is 0 Å². The number of phenolic OH excluding ortho intramolecular Hbond substituents is 1. The molecule has 0 aliphatic rings. The number of ether oxygens (including phenoxy) is 2. The summed E-state index contributed by atoms with van der Waals surface area (Å²) < 4.78 is 12.2. The Morgan fingerprint density at radius 2 is 1.84 bits per heavy atom. The molecular formula is C20H26BrNO3. The molecule has 0 aliphatic heterocycles. The van der Waals surface area contributed by atoms with E-state index in [1.54, 1.807) is 13.2 Å². The second-order valence-corrected chi connectivity index (χ2v) is 7.21. The van der Waals surface area contributed by atoms with Gasteiger partial charge in [-0.3, -0.25) is 0 Å². The summed E-state index contributed by atoms with van der Waals surface area (Å²) in [5, 5.41) is 13.1. The van der Waals surface area contributed by atoms with E-state index in [9.17, 15) is 5.11 Å². The lowest BCUT2D eigenvalue weighted by Crippen LogP contribution is -2.33. The van der Waals surface area contributed by atoms with Gasteiger partial charge in [0, 0.05) is 10.5 Å². The van der Waals surface area contributed by atoms with Gasteiger partial charge in [0.2, 0.25) is 0 Å². The Balaban J connectivity index is 1.80. The van der Waals surface area contributed by atoms with Gasteiger partial charge in [0.05, 0.1) is 7.11 Å². The molecule has 4 nitrogen and oxygen atoms in total. The Kier molecular flexibility index (Phi) is 7.14. The molecule has 0 amide bonds. The number of methoxy groups -OCH3 is 1. The summed E-state index contributed by atoms with van der Waals surface area (Å²) in [6.07, 6.45) is 0.858. The zero-order valence-electron chi connectivity index (χ0n) is 15.2. The number of phenols is 1. The van der Waals surface area contributed by atoms with Crippen LogP contribution >= 0.6 is 15.9 Å². The maximum absolute atomic E-state index is 9.63. The van der Waals surface area contributed by atoms with Gasteiger partial charge in [0.15, 0.2) is 11.5 Å². The third-order valence-corrected chi connectivity index (χ3v) is 4.51. The zero-order valence-corrected chi connectivity index (χ0v) is 16.8. The predicted octanol–water partition coefficient (Wildman–Crippen LogP) is 4.38. The van der Waals surface area contributed by atoms with Crippen LogP contribution in [-0.4, -0.2) is 31.4 Å². The van der Waals surface area contributed by atoms with Crippen LogP contribution in [0, 0.1) is 13.8 Å². The number of rotatable bonds is 8. The summed E-state index contributed by atoms with van der Waals surface area (Å²) in [6, 6.07) is 9.82. The van der Waals surface area contributed by atoms with Gasteiger partial charge in [-0.25, -0.2) is 0 Å². The topological polar surface area (TPSA) is 50.7 Å². The van der Waals surface area contributed by atoms with Crippen molar-refractivity contribution in [3.05, 3.63) is 51.5 Å². The zero-order chi connectivity index (χ0) is 18.4. The van der Waals surface area contributed by atoms with Crippen molar-refractivity contribution >= 4 is 15.9 Å². The Bertz CT molecular complexity index is 695. The molecule has 2 aromatic carbocycles. The summed E-state index contributed by atoms with van der Waals surface area (Å²) in [5.41, 5.74) is 3.39. The van der Waals surface area contributed by atoms with Gasteiger partial charge in [-0.15, -0.1) is 0 Å². The molecule has 0 aromatic heterocycles. The number of hydrogen-bond donors (Lipinski definition) is 2. The molecule has 0 spiro atoms. The van der Waals surface area contributed by atoms with Gasteiger partial charge in [-0.2, -0.15) is 0 Å². The molecule has 25 heavy (non-hydrogen) atoms. The molecular weight excluding hydrogens is 382 g/mol. The molecule has 1 unspecified atom stereocenters. The summed E-state index contributed by atoms with van der Waals surface area (Å²) in [5.74, 6) is 1.64. The van der Waals surface area contributed by atoms with E-state index in [0.29, 0.717) is 12.4 Å². The van der Waals surface area contributed by atoms with Crippen molar-refractivity contribution in [2.24, 2.45) is 0 Å². The van der Waals surface area contributed by atoms with E-state index in [0.717, 1.165) is 39.9 Å². The normalized spacial score (nSPS) is 12.0. The summed E-state index contributed by atoms with van der Waals surface area (Å²) in [4.78, 5) is 0. The molecule has 5 heteroatoms. The molecule has 0 radical (unpaired) electrons. The van der Waals surface area contributed by atoms with Gasteiger partial charge in [-0.05, 0) is 74.7 Å². The molecule has 0 bridgehead atoms. The number of halogens is 1. The first-order valence-electron chi connectivity index (χ1n) is 8.39. The van der Waals surface area contributed by atoms with Crippen molar-refractivity contribution in [3.8, 4) is 17.2 Å². The van der Waals surface area contributed by atoms with Gasteiger partial charge in [0.1, 0.15) is 12.4 Å². The van der Waals surface area contributed by atoms with Crippen molar-refractivity contribution in [3.63, 3.8) is 0 Å². The van der Waals surface area contributed by atoms with Gasteiger partial charge < -0.3 is 19.9 Å². The Hall–Kier alpha value is -1.72. The minimum atomic E-state index is 0.168. The lowest BCUT2D eigenvalue weighted by molar-refractivity contribution is 0.271. The summed E-state index contributed by atoms with van der Waals surface area (Å²) in [6.45, 7) is 7.67. The van der Waals surface area contributed by atoms with E-state index in [2.05, 4.69) is 54.2 Å². The molecule has 0 heterocycles. The fourth-order valence-electron chi connectivity index (χ4n) is 2.73. The first-order chi connectivity index (χ1) is 11.9. The molecule has 1 atom stereocenters. The Morgan fingerprint density at radius 1 is 1.16 bits per heavy atom. The van der Waals surface area contributed by atoms with E-state index < -0.39 is 0 Å². The van der Waals surface area contributed by atoms with Crippen molar-refractivity contribution in [1.82, 2.24) is 5.32 Å². The van der Waals surface area contributed by atoms with Gasteiger partial charge >= 0.3 is 0 Å². The molecule has 2 N–H and O–H groups in total. The van der Waals surface area contributed by atoms with E-state index in [1.807, 2.05) is 12.1 Å². The SMILES string of the molecule is COc1cc(CCNC(C)COc2c(C)cc(Br)cc2C)ccc1O. The number of nitrogens with one attached hydrogen (secondary N) is 1.